The van der Waals surface area contributed by atoms with Crippen molar-refractivity contribution in [2.45, 2.75) is 6.54 Å². The fraction of sp³-hybridized carbons (Fsp3) is 0.167. The number of amides is 1. The molecule has 4 nitrogen and oxygen atoms in total. The summed E-state index contributed by atoms with van der Waals surface area (Å²) >= 11 is 0. The van der Waals surface area contributed by atoms with E-state index in [0.29, 0.717) is 18.0 Å². The summed E-state index contributed by atoms with van der Waals surface area (Å²) in [5.74, 6) is 1.22. The molecule has 0 fully saturated rings. The fourth-order valence-electron chi connectivity index (χ4n) is 1.94. The minimum atomic E-state index is -0.148. The van der Waals surface area contributed by atoms with E-state index < -0.39 is 0 Å². The van der Waals surface area contributed by atoms with Crippen LogP contribution in [-0.2, 0) is 11.3 Å². The number of rotatable bonds is 6. The first kappa shape index (κ1) is 15.6. The minimum Gasteiger partial charge on any atom is -0.497 e. The molecule has 114 valence electrons. The molecule has 2 aromatic carbocycles. The molecule has 1 N–H and O–H groups in total. The molecule has 0 aliphatic rings. The lowest BCUT2D eigenvalue weighted by Gasteiger charge is -2.06. The van der Waals surface area contributed by atoms with Crippen LogP contribution in [0.2, 0.25) is 0 Å². The van der Waals surface area contributed by atoms with Crippen molar-refractivity contribution >= 4 is 12.0 Å². The number of benzene rings is 2. The Morgan fingerprint density at radius 2 is 1.68 bits per heavy atom. The predicted molar refractivity (Wildman–Crippen MR) is 86.9 cm³/mol. The van der Waals surface area contributed by atoms with Gasteiger partial charge in [-0.1, -0.05) is 30.3 Å². The summed E-state index contributed by atoms with van der Waals surface area (Å²) in [4.78, 5) is 11.8. The van der Waals surface area contributed by atoms with Gasteiger partial charge in [0.1, 0.15) is 11.5 Å². The Kier molecular flexibility index (Phi) is 5.60. The van der Waals surface area contributed by atoms with E-state index in [1.54, 1.807) is 26.4 Å². The summed E-state index contributed by atoms with van der Waals surface area (Å²) < 4.78 is 10.4. The molecule has 0 spiro atoms. The number of methoxy groups -OCH3 is 2. The number of carbonyl (C=O) groups excluding carboxylic acids is 1. The van der Waals surface area contributed by atoms with Gasteiger partial charge in [-0.2, -0.15) is 0 Å². The van der Waals surface area contributed by atoms with Crippen molar-refractivity contribution in [3.63, 3.8) is 0 Å². The van der Waals surface area contributed by atoms with E-state index in [4.69, 9.17) is 9.47 Å². The third kappa shape index (κ3) is 4.66. The highest BCUT2D eigenvalue weighted by atomic mass is 16.5. The first-order valence-corrected chi connectivity index (χ1v) is 6.94. The van der Waals surface area contributed by atoms with Crippen LogP contribution in [-0.4, -0.2) is 20.1 Å². The second-order valence-electron chi connectivity index (χ2n) is 4.68. The van der Waals surface area contributed by atoms with Gasteiger partial charge in [-0.05, 0) is 29.3 Å². The van der Waals surface area contributed by atoms with E-state index in [0.717, 1.165) is 11.1 Å². The normalized spacial score (nSPS) is 10.5. The average molecular weight is 297 g/mol. The van der Waals surface area contributed by atoms with E-state index in [9.17, 15) is 4.79 Å². The van der Waals surface area contributed by atoms with Crippen molar-refractivity contribution in [2.24, 2.45) is 0 Å². The van der Waals surface area contributed by atoms with Crippen LogP contribution >= 0.6 is 0 Å². The van der Waals surface area contributed by atoms with Gasteiger partial charge >= 0.3 is 0 Å². The van der Waals surface area contributed by atoms with Crippen molar-refractivity contribution in [1.29, 1.82) is 0 Å². The van der Waals surface area contributed by atoms with E-state index in [-0.39, 0.29) is 5.91 Å². The standard InChI is InChI=1S/C18H19NO3/c1-21-16-10-15(11-17(12-16)22-2)8-9-18(20)19-13-14-6-4-3-5-7-14/h3-12H,13H2,1-2H3,(H,19,20)/b9-8+. The second kappa shape index (κ2) is 7.88. The van der Waals surface area contributed by atoms with E-state index in [1.807, 2.05) is 42.5 Å². The molecule has 0 bridgehead atoms. The van der Waals surface area contributed by atoms with Crippen molar-refractivity contribution < 1.29 is 14.3 Å². The molecule has 22 heavy (non-hydrogen) atoms. The lowest BCUT2D eigenvalue weighted by atomic mass is 10.2. The van der Waals surface area contributed by atoms with Gasteiger partial charge in [-0.3, -0.25) is 4.79 Å². The summed E-state index contributed by atoms with van der Waals surface area (Å²) in [6.07, 6.45) is 3.22. The van der Waals surface area contributed by atoms with Gasteiger partial charge in [0.15, 0.2) is 0 Å². The summed E-state index contributed by atoms with van der Waals surface area (Å²) in [6.45, 7) is 0.505. The van der Waals surface area contributed by atoms with E-state index in [2.05, 4.69) is 5.32 Å². The van der Waals surface area contributed by atoms with Crippen molar-refractivity contribution in [2.75, 3.05) is 14.2 Å². The molecule has 0 heterocycles. The molecule has 0 saturated carbocycles. The SMILES string of the molecule is COc1cc(/C=C/C(=O)NCc2ccccc2)cc(OC)c1. The van der Waals surface area contributed by atoms with Gasteiger partial charge in [-0.15, -0.1) is 0 Å². The molecular weight excluding hydrogens is 278 g/mol. The van der Waals surface area contributed by atoms with Gasteiger partial charge in [0.25, 0.3) is 0 Å². The minimum absolute atomic E-state index is 0.148. The fourth-order valence-corrected chi connectivity index (χ4v) is 1.94. The maximum Gasteiger partial charge on any atom is 0.244 e. The van der Waals surface area contributed by atoms with Crippen LogP contribution in [0.15, 0.2) is 54.6 Å². The number of hydrogen-bond acceptors (Lipinski definition) is 3. The highest BCUT2D eigenvalue weighted by Gasteiger charge is 2.01. The first-order valence-electron chi connectivity index (χ1n) is 6.94. The molecule has 0 unspecified atom stereocenters. The van der Waals surface area contributed by atoms with Crippen molar-refractivity contribution in [3.05, 3.63) is 65.7 Å². The van der Waals surface area contributed by atoms with Crippen LogP contribution in [0.1, 0.15) is 11.1 Å². The third-order valence-corrected chi connectivity index (χ3v) is 3.11. The lowest BCUT2D eigenvalue weighted by Crippen LogP contribution is -2.20. The molecular formula is C18H19NO3. The third-order valence-electron chi connectivity index (χ3n) is 3.11. The van der Waals surface area contributed by atoms with E-state index >= 15 is 0 Å². The van der Waals surface area contributed by atoms with Gasteiger partial charge in [0.05, 0.1) is 14.2 Å². The molecule has 1 amide bonds. The molecule has 2 aromatic rings. The van der Waals surface area contributed by atoms with Gasteiger partial charge in [0.2, 0.25) is 5.91 Å². The van der Waals surface area contributed by atoms with Crippen molar-refractivity contribution in [1.82, 2.24) is 5.32 Å². The zero-order chi connectivity index (χ0) is 15.8. The zero-order valence-electron chi connectivity index (χ0n) is 12.7. The molecule has 0 atom stereocenters. The van der Waals surface area contributed by atoms with Gasteiger partial charge in [-0.25, -0.2) is 0 Å². The molecule has 0 radical (unpaired) electrons. The van der Waals surface area contributed by atoms with Crippen LogP contribution in [0.5, 0.6) is 11.5 Å². The Morgan fingerprint density at radius 1 is 1.05 bits per heavy atom. The topological polar surface area (TPSA) is 47.6 Å². The quantitative estimate of drug-likeness (QED) is 0.834. The Labute approximate surface area is 130 Å². The largest absolute Gasteiger partial charge is 0.497 e. The Balaban J connectivity index is 1.97. The Morgan fingerprint density at radius 3 is 2.27 bits per heavy atom. The maximum atomic E-state index is 11.8. The lowest BCUT2D eigenvalue weighted by molar-refractivity contribution is -0.116. The maximum absolute atomic E-state index is 11.8. The molecule has 0 aromatic heterocycles. The summed E-state index contributed by atoms with van der Waals surface area (Å²) in [6, 6.07) is 15.2. The number of nitrogens with one attached hydrogen (secondary N) is 1. The predicted octanol–water partition coefficient (Wildman–Crippen LogP) is 3.03. The molecule has 4 heteroatoms. The Hall–Kier alpha value is -2.75. The van der Waals surface area contributed by atoms with Crippen molar-refractivity contribution in [3.8, 4) is 11.5 Å². The number of ether oxygens (including phenoxy) is 2. The molecule has 0 saturated heterocycles. The summed E-state index contributed by atoms with van der Waals surface area (Å²) in [5, 5.41) is 2.84. The molecule has 2 rings (SSSR count). The van der Waals surface area contributed by atoms with E-state index in [1.165, 1.54) is 6.08 Å². The highest BCUT2D eigenvalue weighted by Crippen LogP contribution is 2.23. The summed E-state index contributed by atoms with van der Waals surface area (Å²) in [7, 11) is 3.18. The Bertz CT molecular complexity index is 628. The average Bonchev–Trinajstić information content (AvgIpc) is 2.58. The monoisotopic (exact) mass is 297 g/mol. The van der Waals surface area contributed by atoms with Crippen LogP contribution in [0.3, 0.4) is 0 Å². The first-order chi connectivity index (χ1) is 10.7. The number of hydrogen-bond donors (Lipinski definition) is 1. The summed E-state index contributed by atoms with van der Waals surface area (Å²) in [5.41, 5.74) is 1.90. The zero-order valence-corrected chi connectivity index (χ0v) is 12.7. The van der Waals surface area contributed by atoms with Crippen LogP contribution < -0.4 is 14.8 Å². The van der Waals surface area contributed by atoms with Crippen LogP contribution in [0.25, 0.3) is 6.08 Å². The smallest absolute Gasteiger partial charge is 0.244 e. The van der Waals surface area contributed by atoms with Gasteiger partial charge in [0, 0.05) is 18.7 Å². The number of carbonyl (C=O) groups is 1. The van der Waals surface area contributed by atoms with Crippen LogP contribution in [0, 0.1) is 0 Å². The second-order valence-corrected chi connectivity index (χ2v) is 4.68. The van der Waals surface area contributed by atoms with Crippen LogP contribution in [0.4, 0.5) is 0 Å². The van der Waals surface area contributed by atoms with Gasteiger partial charge < -0.3 is 14.8 Å². The molecule has 0 aliphatic carbocycles. The highest BCUT2D eigenvalue weighted by molar-refractivity contribution is 5.91. The molecule has 0 aliphatic heterocycles.